The Labute approximate surface area is 167 Å². The van der Waals surface area contributed by atoms with Crippen LogP contribution in [0.3, 0.4) is 0 Å². The van der Waals surface area contributed by atoms with Gasteiger partial charge in [0.05, 0.1) is 13.7 Å². The lowest BCUT2D eigenvalue weighted by molar-refractivity contribution is -0.135. The minimum atomic E-state index is -0.417. The molecule has 0 saturated heterocycles. The first-order valence-corrected chi connectivity index (χ1v) is 11.4. The van der Waals surface area contributed by atoms with Crippen molar-refractivity contribution < 1.29 is 14.3 Å². The highest BCUT2D eigenvalue weighted by atomic mass is 32.1. The van der Waals surface area contributed by atoms with E-state index in [0.29, 0.717) is 24.7 Å². The van der Waals surface area contributed by atoms with Crippen LogP contribution in [0.5, 0.6) is 0 Å². The molecule has 5 nitrogen and oxygen atoms in total. The maximum Gasteiger partial charge on any atom is 0.357 e. The molecule has 0 spiro atoms. The number of aromatic nitrogens is 1. The zero-order valence-corrected chi connectivity index (χ0v) is 17.7. The average molecular weight is 395 g/mol. The van der Waals surface area contributed by atoms with Gasteiger partial charge < -0.3 is 9.64 Å². The van der Waals surface area contributed by atoms with Gasteiger partial charge in [0.25, 0.3) is 0 Å². The SMILES string of the molecule is CCCCCCCCC(=O)N(Cc1nc(C(=O)OC)cs1)C1CCCCC1. The van der Waals surface area contributed by atoms with Crippen LogP contribution in [0.1, 0.15) is 99.5 Å². The van der Waals surface area contributed by atoms with Crippen LogP contribution in [-0.2, 0) is 16.1 Å². The molecular formula is C21H34N2O3S. The molecule has 1 aromatic rings. The maximum absolute atomic E-state index is 12.9. The van der Waals surface area contributed by atoms with E-state index >= 15 is 0 Å². The van der Waals surface area contributed by atoms with E-state index in [1.165, 1.54) is 63.4 Å². The van der Waals surface area contributed by atoms with Crippen molar-refractivity contribution in [1.82, 2.24) is 9.88 Å². The van der Waals surface area contributed by atoms with Crippen LogP contribution in [0, 0.1) is 0 Å². The summed E-state index contributed by atoms with van der Waals surface area (Å²) in [6.07, 6.45) is 13.6. The fourth-order valence-electron chi connectivity index (χ4n) is 3.74. The predicted molar refractivity (Wildman–Crippen MR) is 109 cm³/mol. The van der Waals surface area contributed by atoms with Crippen molar-refractivity contribution in [2.45, 2.75) is 96.6 Å². The van der Waals surface area contributed by atoms with Crippen LogP contribution in [0.15, 0.2) is 5.38 Å². The minimum Gasteiger partial charge on any atom is -0.464 e. The minimum absolute atomic E-state index is 0.243. The molecule has 27 heavy (non-hydrogen) atoms. The van der Waals surface area contributed by atoms with Crippen molar-refractivity contribution in [3.63, 3.8) is 0 Å². The van der Waals surface area contributed by atoms with Crippen molar-refractivity contribution in [3.8, 4) is 0 Å². The average Bonchev–Trinajstić information content (AvgIpc) is 3.17. The second-order valence-corrected chi connectivity index (χ2v) is 8.39. The Morgan fingerprint density at radius 2 is 1.85 bits per heavy atom. The predicted octanol–water partition coefficient (Wildman–Crippen LogP) is 5.34. The maximum atomic E-state index is 12.9. The normalized spacial score (nSPS) is 14.9. The third kappa shape index (κ3) is 7.24. The number of esters is 1. The summed E-state index contributed by atoms with van der Waals surface area (Å²) in [5, 5.41) is 2.54. The summed E-state index contributed by atoms with van der Waals surface area (Å²) in [5.41, 5.74) is 0.337. The number of hydrogen-bond donors (Lipinski definition) is 0. The molecule has 0 unspecified atom stereocenters. The number of unbranched alkanes of at least 4 members (excludes halogenated alkanes) is 5. The Balaban J connectivity index is 1.93. The molecule has 0 N–H and O–H groups in total. The van der Waals surface area contributed by atoms with Gasteiger partial charge in [-0.2, -0.15) is 0 Å². The van der Waals surface area contributed by atoms with E-state index in [1.807, 2.05) is 4.90 Å². The van der Waals surface area contributed by atoms with Crippen LogP contribution in [0.25, 0.3) is 0 Å². The fourth-order valence-corrected chi connectivity index (χ4v) is 4.50. The summed E-state index contributed by atoms with van der Waals surface area (Å²) < 4.78 is 4.74. The molecule has 0 radical (unpaired) electrons. The first-order chi connectivity index (χ1) is 13.2. The lowest BCUT2D eigenvalue weighted by Crippen LogP contribution is -2.40. The standard InChI is InChI=1S/C21H34N2O3S/c1-3-4-5-6-7-11-14-20(24)23(17-12-9-8-10-13-17)15-19-22-18(16-27-19)21(25)26-2/h16-17H,3-15H2,1-2H3. The van der Waals surface area contributed by atoms with Crippen molar-refractivity contribution in [2.75, 3.05) is 7.11 Å². The second kappa shape index (κ2) is 12.1. The van der Waals surface area contributed by atoms with Gasteiger partial charge >= 0.3 is 5.97 Å². The van der Waals surface area contributed by atoms with E-state index in [4.69, 9.17) is 4.74 Å². The Kier molecular flexibility index (Phi) is 9.81. The van der Waals surface area contributed by atoms with Gasteiger partial charge in [0.1, 0.15) is 5.01 Å². The van der Waals surface area contributed by atoms with Gasteiger partial charge in [0.2, 0.25) is 5.91 Å². The van der Waals surface area contributed by atoms with Crippen molar-refractivity contribution >= 4 is 23.2 Å². The molecule has 1 aliphatic rings. The van der Waals surface area contributed by atoms with Gasteiger partial charge in [0.15, 0.2) is 5.69 Å². The molecule has 2 rings (SSSR count). The molecule has 1 fully saturated rings. The van der Waals surface area contributed by atoms with E-state index in [0.717, 1.165) is 30.7 Å². The van der Waals surface area contributed by atoms with E-state index < -0.39 is 5.97 Å². The number of methoxy groups -OCH3 is 1. The lowest BCUT2D eigenvalue weighted by Gasteiger charge is -2.34. The fraction of sp³-hybridized carbons (Fsp3) is 0.762. The van der Waals surface area contributed by atoms with Crippen molar-refractivity contribution in [3.05, 3.63) is 16.1 Å². The summed E-state index contributed by atoms with van der Waals surface area (Å²) in [4.78, 5) is 31.0. The Bertz CT molecular complexity index is 582. The first-order valence-electron chi connectivity index (χ1n) is 10.5. The largest absolute Gasteiger partial charge is 0.464 e. The highest BCUT2D eigenvalue weighted by Crippen LogP contribution is 2.26. The van der Waals surface area contributed by atoms with Crippen LogP contribution in [-0.4, -0.2) is 34.9 Å². The summed E-state index contributed by atoms with van der Waals surface area (Å²) >= 11 is 1.43. The quantitative estimate of drug-likeness (QED) is 0.375. The second-order valence-electron chi connectivity index (χ2n) is 7.45. The number of nitrogens with zero attached hydrogens (tertiary/aromatic N) is 2. The van der Waals surface area contributed by atoms with Gasteiger partial charge in [-0.05, 0) is 19.3 Å². The molecule has 1 heterocycles. The van der Waals surface area contributed by atoms with Crippen LogP contribution >= 0.6 is 11.3 Å². The van der Waals surface area contributed by atoms with Crippen LogP contribution in [0.2, 0.25) is 0 Å². The molecule has 1 saturated carbocycles. The van der Waals surface area contributed by atoms with Crippen LogP contribution < -0.4 is 0 Å². The molecule has 0 aliphatic heterocycles. The van der Waals surface area contributed by atoms with Crippen molar-refractivity contribution in [2.24, 2.45) is 0 Å². The van der Waals surface area contributed by atoms with Gasteiger partial charge in [-0.25, -0.2) is 9.78 Å². The zero-order chi connectivity index (χ0) is 19.5. The number of carbonyl (C=O) groups excluding carboxylic acids is 2. The number of amides is 1. The van der Waals surface area contributed by atoms with E-state index in [9.17, 15) is 9.59 Å². The summed E-state index contributed by atoms with van der Waals surface area (Å²) in [7, 11) is 1.36. The lowest BCUT2D eigenvalue weighted by atomic mass is 9.93. The third-order valence-corrected chi connectivity index (χ3v) is 6.17. The van der Waals surface area contributed by atoms with Gasteiger partial charge in [-0.3, -0.25) is 4.79 Å². The van der Waals surface area contributed by atoms with E-state index in [1.54, 1.807) is 5.38 Å². The molecular weight excluding hydrogens is 360 g/mol. The Hall–Kier alpha value is -1.43. The molecule has 0 atom stereocenters. The van der Waals surface area contributed by atoms with Crippen molar-refractivity contribution in [1.29, 1.82) is 0 Å². The van der Waals surface area contributed by atoms with Gasteiger partial charge in [-0.1, -0.05) is 58.3 Å². The van der Waals surface area contributed by atoms with E-state index in [2.05, 4.69) is 11.9 Å². The summed E-state index contributed by atoms with van der Waals surface area (Å²) in [5.74, 6) is -0.174. The number of hydrogen-bond acceptors (Lipinski definition) is 5. The molecule has 6 heteroatoms. The molecule has 1 amide bonds. The van der Waals surface area contributed by atoms with Crippen LogP contribution in [0.4, 0.5) is 0 Å². The molecule has 152 valence electrons. The van der Waals surface area contributed by atoms with Gasteiger partial charge in [-0.15, -0.1) is 11.3 Å². The first kappa shape index (κ1) is 21.9. The monoisotopic (exact) mass is 394 g/mol. The highest BCUT2D eigenvalue weighted by Gasteiger charge is 2.26. The number of carbonyl (C=O) groups is 2. The topological polar surface area (TPSA) is 59.5 Å². The third-order valence-electron chi connectivity index (χ3n) is 5.33. The Morgan fingerprint density at radius 1 is 1.15 bits per heavy atom. The molecule has 0 aromatic carbocycles. The number of thiazole rings is 1. The molecule has 1 aliphatic carbocycles. The Morgan fingerprint density at radius 3 is 2.56 bits per heavy atom. The zero-order valence-electron chi connectivity index (χ0n) is 16.9. The molecule has 0 bridgehead atoms. The number of ether oxygens (including phenoxy) is 1. The van der Waals surface area contributed by atoms with E-state index in [-0.39, 0.29) is 5.91 Å². The van der Waals surface area contributed by atoms with Gasteiger partial charge in [0, 0.05) is 17.8 Å². The highest BCUT2D eigenvalue weighted by molar-refractivity contribution is 7.09. The summed E-state index contributed by atoms with van der Waals surface area (Å²) in [6.45, 7) is 2.73. The number of rotatable bonds is 11. The smallest absolute Gasteiger partial charge is 0.357 e. The summed E-state index contributed by atoms with van der Waals surface area (Å²) in [6, 6.07) is 0.316. The molecule has 1 aromatic heterocycles.